The van der Waals surface area contributed by atoms with Crippen molar-refractivity contribution in [2.75, 3.05) is 12.5 Å². The van der Waals surface area contributed by atoms with Crippen LogP contribution >= 0.6 is 11.6 Å². The van der Waals surface area contributed by atoms with E-state index in [0.717, 1.165) is 18.4 Å². The van der Waals surface area contributed by atoms with Crippen molar-refractivity contribution in [3.63, 3.8) is 0 Å². The van der Waals surface area contributed by atoms with E-state index in [1.165, 1.54) is 10.7 Å². The number of halogens is 1. The molecule has 112 valence electrons. The molecule has 0 N–H and O–H groups in total. The first-order chi connectivity index (χ1) is 10.3. The maximum absolute atomic E-state index is 12.1. The fourth-order valence-electron chi connectivity index (χ4n) is 2.00. The van der Waals surface area contributed by atoms with Crippen LogP contribution in [0, 0.1) is 0 Å². The summed E-state index contributed by atoms with van der Waals surface area (Å²) in [4.78, 5) is 12.1. The highest BCUT2D eigenvalue weighted by Gasteiger charge is 2.15. The summed E-state index contributed by atoms with van der Waals surface area (Å²) in [7, 11) is 0. The Bertz CT molecular complexity index is 613. The van der Waals surface area contributed by atoms with E-state index in [2.05, 4.69) is 12.0 Å². The van der Waals surface area contributed by atoms with E-state index in [1.54, 1.807) is 6.07 Å². The highest BCUT2D eigenvalue weighted by molar-refractivity contribution is 6.18. The van der Waals surface area contributed by atoms with Crippen LogP contribution in [0.1, 0.15) is 31.4 Å². The number of ether oxygens (including phenoxy) is 1. The minimum absolute atomic E-state index is 0.188. The van der Waals surface area contributed by atoms with Crippen LogP contribution in [0.2, 0.25) is 0 Å². The van der Waals surface area contributed by atoms with Crippen molar-refractivity contribution in [2.45, 2.75) is 25.8 Å². The smallest absolute Gasteiger partial charge is 0.267 e. The lowest BCUT2D eigenvalue weighted by atomic mass is 10.1. The average molecular weight is 307 g/mol. The molecule has 0 saturated heterocycles. The molecule has 2 rings (SSSR count). The van der Waals surface area contributed by atoms with Crippen LogP contribution in [0.25, 0.3) is 0 Å². The van der Waals surface area contributed by atoms with Crippen LogP contribution in [0.4, 0.5) is 0 Å². The monoisotopic (exact) mass is 306 g/mol. The Labute approximate surface area is 129 Å². The van der Waals surface area contributed by atoms with Crippen LogP contribution in [0.5, 0.6) is 5.88 Å². The minimum atomic E-state index is -0.296. The van der Waals surface area contributed by atoms with E-state index in [-0.39, 0.29) is 17.5 Å². The van der Waals surface area contributed by atoms with E-state index in [4.69, 9.17) is 16.3 Å². The highest BCUT2D eigenvalue weighted by atomic mass is 35.5. The molecule has 0 aliphatic heterocycles. The minimum Gasteiger partial charge on any atom is -0.477 e. The Balaban J connectivity index is 2.28. The number of benzene rings is 1. The van der Waals surface area contributed by atoms with Gasteiger partial charge >= 0.3 is 0 Å². The molecule has 0 bridgehead atoms. The van der Waals surface area contributed by atoms with Gasteiger partial charge in [-0.2, -0.15) is 0 Å². The van der Waals surface area contributed by atoms with E-state index in [9.17, 15) is 4.79 Å². The molecule has 5 heteroatoms. The molecule has 0 amide bonds. The van der Waals surface area contributed by atoms with Gasteiger partial charge in [-0.3, -0.25) is 4.79 Å². The largest absolute Gasteiger partial charge is 0.477 e. The summed E-state index contributed by atoms with van der Waals surface area (Å²) in [5, 5.41) is 4.29. The summed E-state index contributed by atoms with van der Waals surface area (Å²) in [6, 6.07) is 12.4. The van der Waals surface area contributed by atoms with Crippen molar-refractivity contribution in [3.05, 3.63) is 58.4 Å². The van der Waals surface area contributed by atoms with Gasteiger partial charge in [0, 0.05) is 18.0 Å². The van der Waals surface area contributed by atoms with Crippen LogP contribution in [-0.2, 0) is 0 Å². The van der Waals surface area contributed by atoms with Crippen molar-refractivity contribution in [1.82, 2.24) is 9.78 Å². The third-order valence-corrected chi connectivity index (χ3v) is 3.47. The number of unbranched alkanes of at least 4 members (excludes halogenated alkanes) is 1. The molecule has 0 saturated carbocycles. The molecule has 0 aliphatic carbocycles. The van der Waals surface area contributed by atoms with Gasteiger partial charge in [0.25, 0.3) is 5.56 Å². The molecule has 1 atom stereocenters. The number of hydrogen-bond donors (Lipinski definition) is 0. The fraction of sp³-hybridized carbons (Fsp3) is 0.375. The van der Waals surface area contributed by atoms with E-state index in [0.29, 0.717) is 12.5 Å². The molecular formula is C16H19ClN2O2. The zero-order valence-corrected chi connectivity index (χ0v) is 12.8. The third-order valence-electron chi connectivity index (χ3n) is 3.17. The second kappa shape index (κ2) is 7.84. The summed E-state index contributed by atoms with van der Waals surface area (Å²) < 4.78 is 6.95. The number of alkyl halides is 1. The lowest BCUT2D eigenvalue weighted by Gasteiger charge is -2.17. The van der Waals surface area contributed by atoms with Gasteiger partial charge in [0.05, 0.1) is 12.6 Å². The number of aromatic nitrogens is 2. The standard InChI is InChI=1S/C16H19ClN2O2/c1-2-3-11-21-15-9-10-16(20)19(18-15)14(12-17)13-7-5-4-6-8-13/h4-10,14H,2-3,11-12H2,1H3. The zero-order valence-electron chi connectivity index (χ0n) is 12.0. The molecule has 2 aromatic rings. The quantitative estimate of drug-likeness (QED) is 0.582. The van der Waals surface area contributed by atoms with Crippen LogP contribution in [-0.4, -0.2) is 22.3 Å². The van der Waals surface area contributed by atoms with Crippen molar-refractivity contribution in [3.8, 4) is 5.88 Å². The molecule has 4 nitrogen and oxygen atoms in total. The molecule has 1 unspecified atom stereocenters. The maximum Gasteiger partial charge on any atom is 0.267 e. The SMILES string of the molecule is CCCCOc1ccc(=O)n(C(CCl)c2ccccc2)n1. The first-order valence-electron chi connectivity index (χ1n) is 7.09. The molecule has 0 aliphatic rings. The third kappa shape index (κ3) is 4.08. The first-order valence-corrected chi connectivity index (χ1v) is 7.63. The normalized spacial score (nSPS) is 12.1. The molecule has 0 spiro atoms. The summed E-state index contributed by atoms with van der Waals surface area (Å²) in [5.74, 6) is 0.726. The predicted octanol–water partition coefficient (Wildman–Crippen LogP) is 3.25. The first kappa shape index (κ1) is 15.6. The van der Waals surface area contributed by atoms with Gasteiger partial charge in [-0.05, 0) is 12.0 Å². The second-order valence-electron chi connectivity index (χ2n) is 4.74. The molecule has 1 heterocycles. The lowest BCUT2D eigenvalue weighted by molar-refractivity contribution is 0.285. The van der Waals surface area contributed by atoms with Crippen molar-refractivity contribution >= 4 is 11.6 Å². The van der Waals surface area contributed by atoms with E-state index in [1.807, 2.05) is 30.3 Å². The molecule has 0 radical (unpaired) electrons. The molecule has 21 heavy (non-hydrogen) atoms. The van der Waals surface area contributed by atoms with Gasteiger partial charge in [-0.25, -0.2) is 4.68 Å². The average Bonchev–Trinajstić information content (AvgIpc) is 2.52. The lowest BCUT2D eigenvalue weighted by Crippen LogP contribution is -2.28. The topological polar surface area (TPSA) is 44.1 Å². The Kier molecular flexibility index (Phi) is 5.81. The van der Waals surface area contributed by atoms with Crippen LogP contribution in [0.15, 0.2) is 47.3 Å². The van der Waals surface area contributed by atoms with Gasteiger partial charge < -0.3 is 4.74 Å². The Morgan fingerprint density at radius 1 is 1.24 bits per heavy atom. The summed E-state index contributed by atoms with van der Waals surface area (Å²) in [6.07, 6.45) is 2.01. The van der Waals surface area contributed by atoms with E-state index < -0.39 is 0 Å². The van der Waals surface area contributed by atoms with Crippen molar-refractivity contribution < 1.29 is 4.74 Å². The van der Waals surface area contributed by atoms with Gasteiger partial charge in [-0.15, -0.1) is 16.7 Å². The van der Waals surface area contributed by atoms with Gasteiger partial charge in [0.2, 0.25) is 5.88 Å². The van der Waals surface area contributed by atoms with Crippen LogP contribution in [0.3, 0.4) is 0 Å². The summed E-state index contributed by atoms with van der Waals surface area (Å²) >= 11 is 6.05. The maximum atomic E-state index is 12.1. The zero-order chi connectivity index (χ0) is 15.1. The number of nitrogens with zero attached hydrogens (tertiary/aromatic N) is 2. The molecular weight excluding hydrogens is 288 g/mol. The predicted molar refractivity (Wildman–Crippen MR) is 84.2 cm³/mol. The molecule has 0 fully saturated rings. The molecule has 1 aromatic heterocycles. The Morgan fingerprint density at radius 3 is 2.67 bits per heavy atom. The van der Waals surface area contributed by atoms with Gasteiger partial charge in [0.1, 0.15) is 0 Å². The van der Waals surface area contributed by atoms with Gasteiger partial charge in [0.15, 0.2) is 0 Å². The summed E-state index contributed by atoms with van der Waals surface area (Å²) in [6.45, 7) is 2.69. The number of rotatable bonds is 7. The Hall–Kier alpha value is -1.81. The van der Waals surface area contributed by atoms with E-state index >= 15 is 0 Å². The van der Waals surface area contributed by atoms with Crippen molar-refractivity contribution in [2.24, 2.45) is 0 Å². The number of hydrogen-bond acceptors (Lipinski definition) is 3. The van der Waals surface area contributed by atoms with Gasteiger partial charge in [-0.1, -0.05) is 43.7 Å². The van der Waals surface area contributed by atoms with Crippen molar-refractivity contribution in [1.29, 1.82) is 0 Å². The summed E-state index contributed by atoms with van der Waals surface area (Å²) in [5.41, 5.74) is 0.764. The van der Waals surface area contributed by atoms with Crippen LogP contribution < -0.4 is 10.3 Å². The fourth-order valence-corrected chi connectivity index (χ4v) is 2.31. The molecule has 1 aromatic carbocycles. The highest BCUT2D eigenvalue weighted by Crippen LogP contribution is 2.18. The Morgan fingerprint density at radius 2 is 2.00 bits per heavy atom. The second-order valence-corrected chi connectivity index (χ2v) is 5.05.